The molecule has 1 aliphatic carbocycles. The molecule has 0 aliphatic heterocycles. The Morgan fingerprint density at radius 1 is 0.900 bits per heavy atom. The summed E-state index contributed by atoms with van der Waals surface area (Å²) in [4.78, 5) is 31.5. The summed E-state index contributed by atoms with van der Waals surface area (Å²) in [6, 6.07) is 29.0. The van der Waals surface area contributed by atoms with Crippen molar-refractivity contribution in [1.29, 1.82) is 0 Å². The zero-order valence-corrected chi connectivity index (χ0v) is 30.9. The first-order chi connectivity index (χ1) is 24.2. The summed E-state index contributed by atoms with van der Waals surface area (Å²) in [5.41, 5.74) is 1.90. The molecule has 0 aromatic heterocycles. The van der Waals surface area contributed by atoms with Crippen LogP contribution in [-0.2, 0) is 32.6 Å². The lowest BCUT2D eigenvalue weighted by atomic mass is 9.94. The summed E-state index contributed by atoms with van der Waals surface area (Å²) < 4.78 is 35.5. The average molecular weight is 734 g/mol. The second-order valence-electron chi connectivity index (χ2n) is 12.3. The second kappa shape index (κ2) is 17.8. The lowest BCUT2D eigenvalue weighted by Gasteiger charge is -2.35. The molecule has 8 nitrogen and oxygen atoms in total. The number of ether oxygens (including phenoxy) is 1. The zero-order chi connectivity index (χ0) is 35.5. The van der Waals surface area contributed by atoms with Crippen LogP contribution in [0.25, 0.3) is 0 Å². The number of hydrogen-bond acceptors (Lipinski definition) is 6. The summed E-state index contributed by atoms with van der Waals surface area (Å²) in [6.07, 6.45) is 7.13. The highest BCUT2D eigenvalue weighted by Crippen LogP contribution is 2.29. The molecular formula is C39H44ClN3O5S2. The predicted molar refractivity (Wildman–Crippen MR) is 201 cm³/mol. The minimum Gasteiger partial charge on any atom is -0.494 e. The summed E-state index contributed by atoms with van der Waals surface area (Å²) in [5.74, 6) is -0.212. The lowest BCUT2D eigenvalue weighted by Crippen LogP contribution is -2.55. The molecule has 1 N–H and O–H groups in total. The Hall–Kier alpha value is -3.99. The van der Waals surface area contributed by atoms with Gasteiger partial charge in [-0.3, -0.25) is 13.9 Å². The van der Waals surface area contributed by atoms with E-state index in [0.29, 0.717) is 23.1 Å². The van der Waals surface area contributed by atoms with Crippen LogP contribution in [0.1, 0.15) is 50.2 Å². The quantitative estimate of drug-likeness (QED) is 0.126. The van der Waals surface area contributed by atoms with Crippen molar-refractivity contribution in [2.45, 2.75) is 73.9 Å². The van der Waals surface area contributed by atoms with E-state index in [-0.39, 0.29) is 29.8 Å². The van der Waals surface area contributed by atoms with E-state index in [9.17, 15) is 18.0 Å². The van der Waals surface area contributed by atoms with Gasteiger partial charge < -0.3 is 15.0 Å². The zero-order valence-electron chi connectivity index (χ0n) is 28.5. The highest BCUT2D eigenvalue weighted by molar-refractivity contribution is 7.98. The van der Waals surface area contributed by atoms with Crippen LogP contribution in [0.5, 0.6) is 5.75 Å². The minimum absolute atomic E-state index is 0.0163. The van der Waals surface area contributed by atoms with Gasteiger partial charge in [-0.15, -0.1) is 11.8 Å². The molecule has 0 saturated heterocycles. The Kier molecular flexibility index (Phi) is 13.3. The molecule has 11 heteroatoms. The third-order valence-electron chi connectivity index (χ3n) is 8.83. The number of benzene rings is 4. The van der Waals surface area contributed by atoms with Crippen LogP contribution in [0.3, 0.4) is 0 Å². The van der Waals surface area contributed by atoms with E-state index in [4.69, 9.17) is 16.3 Å². The summed E-state index contributed by atoms with van der Waals surface area (Å²) >= 11 is 7.88. The van der Waals surface area contributed by atoms with Gasteiger partial charge in [-0.1, -0.05) is 73.3 Å². The topological polar surface area (TPSA) is 96.0 Å². The maximum absolute atomic E-state index is 14.8. The molecule has 0 unspecified atom stereocenters. The summed E-state index contributed by atoms with van der Waals surface area (Å²) in [7, 11) is -4.23. The molecule has 264 valence electrons. The van der Waals surface area contributed by atoms with Crippen molar-refractivity contribution in [3.05, 3.63) is 119 Å². The molecule has 0 heterocycles. The number of anilines is 1. The lowest BCUT2D eigenvalue weighted by molar-refractivity contribution is -0.140. The van der Waals surface area contributed by atoms with E-state index in [2.05, 4.69) is 5.32 Å². The van der Waals surface area contributed by atoms with Gasteiger partial charge in [0.1, 0.15) is 18.3 Å². The van der Waals surface area contributed by atoms with Crippen molar-refractivity contribution in [1.82, 2.24) is 10.2 Å². The molecule has 1 fully saturated rings. The van der Waals surface area contributed by atoms with Crippen molar-refractivity contribution in [3.8, 4) is 5.75 Å². The smallest absolute Gasteiger partial charge is 0.264 e. The fourth-order valence-corrected chi connectivity index (χ4v) is 8.24. The van der Waals surface area contributed by atoms with Crippen LogP contribution < -0.4 is 14.4 Å². The number of carbonyl (C=O) groups excluding carboxylic acids is 2. The maximum Gasteiger partial charge on any atom is 0.264 e. The number of carbonyl (C=O) groups is 2. The molecule has 0 radical (unpaired) electrons. The fourth-order valence-electron chi connectivity index (χ4n) is 6.21. The maximum atomic E-state index is 14.8. The molecule has 4 aromatic carbocycles. The van der Waals surface area contributed by atoms with E-state index in [0.717, 1.165) is 52.4 Å². The van der Waals surface area contributed by atoms with Crippen LogP contribution >= 0.6 is 23.4 Å². The average Bonchev–Trinajstić information content (AvgIpc) is 3.13. The van der Waals surface area contributed by atoms with E-state index in [1.165, 1.54) is 16.7 Å². The Morgan fingerprint density at radius 2 is 1.58 bits per heavy atom. The Morgan fingerprint density at radius 3 is 2.22 bits per heavy atom. The number of hydrogen-bond donors (Lipinski definition) is 1. The molecule has 5 rings (SSSR count). The van der Waals surface area contributed by atoms with Crippen LogP contribution in [0, 0.1) is 0 Å². The van der Waals surface area contributed by atoms with Gasteiger partial charge in [0.2, 0.25) is 11.8 Å². The molecule has 4 aromatic rings. The molecule has 0 bridgehead atoms. The number of nitrogens with zero attached hydrogens (tertiary/aromatic N) is 2. The number of sulfonamides is 1. The van der Waals surface area contributed by atoms with Gasteiger partial charge >= 0.3 is 0 Å². The molecule has 2 amide bonds. The van der Waals surface area contributed by atoms with Crippen molar-refractivity contribution >= 4 is 50.9 Å². The Bertz CT molecular complexity index is 1820. The number of nitrogens with one attached hydrogen (secondary N) is 1. The van der Waals surface area contributed by atoms with E-state index in [1.807, 2.05) is 49.6 Å². The highest BCUT2D eigenvalue weighted by Gasteiger charge is 2.35. The van der Waals surface area contributed by atoms with Crippen molar-refractivity contribution < 1.29 is 22.7 Å². The van der Waals surface area contributed by atoms with Crippen LogP contribution in [-0.4, -0.2) is 56.6 Å². The van der Waals surface area contributed by atoms with Gasteiger partial charge in [-0.25, -0.2) is 8.42 Å². The first kappa shape index (κ1) is 37.3. The normalized spacial score (nSPS) is 14.1. The Labute approximate surface area is 305 Å². The fraction of sp³-hybridized carbons (Fsp3) is 0.333. The van der Waals surface area contributed by atoms with Gasteiger partial charge in [-0.05, 0) is 97.8 Å². The van der Waals surface area contributed by atoms with E-state index < -0.39 is 28.5 Å². The van der Waals surface area contributed by atoms with Gasteiger partial charge in [0, 0.05) is 28.9 Å². The highest BCUT2D eigenvalue weighted by atomic mass is 35.5. The molecule has 1 saturated carbocycles. The number of thioether (sulfide) groups is 1. The molecule has 50 heavy (non-hydrogen) atoms. The Balaban J connectivity index is 1.56. The van der Waals surface area contributed by atoms with Crippen molar-refractivity contribution in [2.75, 3.05) is 23.7 Å². The van der Waals surface area contributed by atoms with Crippen LogP contribution in [0.2, 0.25) is 5.02 Å². The van der Waals surface area contributed by atoms with Crippen molar-refractivity contribution in [2.24, 2.45) is 0 Å². The third kappa shape index (κ3) is 9.83. The molecule has 1 atom stereocenters. The summed E-state index contributed by atoms with van der Waals surface area (Å²) in [5, 5.41) is 3.73. The minimum atomic E-state index is -4.23. The predicted octanol–water partition coefficient (Wildman–Crippen LogP) is 7.74. The van der Waals surface area contributed by atoms with Crippen LogP contribution in [0.15, 0.2) is 113 Å². The van der Waals surface area contributed by atoms with E-state index in [1.54, 1.807) is 66.7 Å². The number of rotatable bonds is 15. The van der Waals surface area contributed by atoms with Crippen molar-refractivity contribution in [3.63, 3.8) is 0 Å². The third-order valence-corrected chi connectivity index (χ3v) is 11.6. The van der Waals surface area contributed by atoms with Gasteiger partial charge in [0.05, 0.1) is 17.2 Å². The molecule has 1 aliphatic rings. The summed E-state index contributed by atoms with van der Waals surface area (Å²) in [6.45, 7) is 1.83. The number of halogens is 1. The van der Waals surface area contributed by atoms with Crippen LogP contribution in [0.4, 0.5) is 5.69 Å². The van der Waals surface area contributed by atoms with Gasteiger partial charge in [0.25, 0.3) is 10.0 Å². The first-order valence-electron chi connectivity index (χ1n) is 17.0. The number of amides is 2. The second-order valence-corrected chi connectivity index (χ2v) is 15.5. The molecular weight excluding hydrogens is 690 g/mol. The van der Waals surface area contributed by atoms with Gasteiger partial charge in [-0.2, -0.15) is 0 Å². The standard InChI is InChI=1S/C39H44ClN3O5S2/c1-3-48-34-19-17-33(18-20-34)43(50(46,47)36-23-21-35(49-2)22-24-36)28-38(44)42(27-30-13-10-14-31(40)25-30)37(26-29-11-6-4-7-12-29)39(45)41-32-15-8-5-9-16-32/h4,6-7,10-14,17-25,32,37H,3,5,8-9,15-16,26-28H2,1-2H3,(H,41,45)/t37-/m0/s1. The molecule has 0 spiro atoms. The SMILES string of the molecule is CCOc1ccc(N(CC(=O)N(Cc2cccc(Cl)c2)[C@@H](Cc2ccccc2)C(=O)NC2CCCCC2)S(=O)(=O)c2ccc(SC)cc2)cc1. The largest absolute Gasteiger partial charge is 0.494 e. The monoisotopic (exact) mass is 733 g/mol. The first-order valence-corrected chi connectivity index (χ1v) is 20.0. The van der Waals surface area contributed by atoms with E-state index >= 15 is 0 Å². The van der Waals surface area contributed by atoms with Gasteiger partial charge in [0.15, 0.2) is 0 Å².